The Morgan fingerprint density at radius 1 is 1.15 bits per heavy atom. The lowest BCUT2D eigenvalue weighted by Gasteiger charge is -2.14. The van der Waals surface area contributed by atoms with Crippen molar-refractivity contribution < 1.29 is 23.5 Å². The second-order valence-electron chi connectivity index (χ2n) is 5.69. The third kappa shape index (κ3) is 6.71. The second kappa shape index (κ2) is 9.68. The highest BCUT2D eigenvalue weighted by molar-refractivity contribution is 6.30. The number of halogens is 2. The molecule has 0 aromatic heterocycles. The Morgan fingerprint density at radius 2 is 1.85 bits per heavy atom. The van der Waals surface area contributed by atoms with Crippen LogP contribution in [0.1, 0.15) is 28.9 Å². The molecule has 0 saturated heterocycles. The van der Waals surface area contributed by atoms with Crippen LogP contribution in [0.2, 0.25) is 5.02 Å². The fourth-order valence-electron chi connectivity index (χ4n) is 2.20. The normalized spacial score (nSPS) is 11.4. The Kier molecular flexibility index (Phi) is 7.31. The molecule has 0 heterocycles. The van der Waals surface area contributed by atoms with E-state index in [0.29, 0.717) is 5.02 Å². The fourth-order valence-corrected chi connectivity index (χ4v) is 2.33. The average molecular weight is 393 g/mol. The standard InChI is InChI=1S/C19H18ClFN2O4/c1-12(13-5-7-15(20)8-6-13)23-17(24)11-27-18(25)10-22-19(26)14-3-2-4-16(21)9-14/h2-9,12H,10-11H2,1H3,(H,22,26)(H,23,24)/t12-/m0/s1. The van der Waals surface area contributed by atoms with Crippen molar-refractivity contribution in [2.75, 3.05) is 13.2 Å². The summed E-state index contributed by atoms with van der Waals surface area (Å²) in [5, 5.41) is 5.57. The molecule has 6 nitrogen and oxygen atoms in total. The van der Waals surface area contributed by atoms with Crippen molar-refractivity contribution in [1.82, 2.24) is 10.6 Å². The van der Waals surface area contributed by atoms with Crippen LogP contribution in [0.4, 0.5) is 4.39 Å². The van der Waals surface area contributed by atoms with Gasteiger partial charge < -0.3 is 15.4 Å². The number of carbonyl (C=O) groups is 3. The van der Waals surface area contributed by atoms with Crippen LogP contribution < -0.4 is 10.6 Å². The van der Waals surface area contributed by atoms with Gasteiger partial charge in [0.05, 0.1) is 6.04 Å². The van der Waals surface area contributed by atoms with E-state index in [1.54, 1.807) is 31.2 Å². The van der Waals surface area contributed by atoms with E-state index in [4.69, 9.17) is 16.3 Å². The summed E-state index contributed by atoms with van der Waals surface area (Å²) < 4.78 is 17.9. The van der Waals surface area contributed by atoms with Crippen molar-refractivity contribution in [3.63, 3.8) is 0 Å². The number of carbonyl (C=O) groups excluding carboxylic acids is 3. The number of ether oxygens (including phenoxy) is 1. The van der Waals surface area contributed by atoms with Gasteiger partial charge in [0.2, 0.25) is 0 Å². The molecule has 2 aromatic carbocycles. The first-order valence-electron chi connectivity index (χ1n) is 8.09. The zero-order valence-electron chi connectivity index (χ0n) is 14.5. The number of rotatable bonds is 7. The Balaban J connectivity index is 1.72. The summed E-state index contributed by atoms with van der Waals surface area (Å²) in [6.07, 6.45) is 0. The van der Waals surface area contributed by atoms with E-state index in [2.05, 4.69) is 10.6 Å². The minimum atomic E-state index is -0.783. The molecule has 0 unspecified atom stereocenters. The maximum atomic E-state index is 13.1. The zero-order valence-corrected chi connectivity index (χ0v) is 15.3. The minimum absolute atomic E-state index is 0.0809. The lowest BCUT2D eigenvalue weighted by atomic mass is 10.1. The maximum absolute atomic E-state index is 13.1. The predicted octanol–water partition coefficient (Wildman–Crippen LogP) is 2.63. The van der Waals surface area contributed by atoms with E-state index in [9.17, 15) is 18.8 Å². The molecule has 0 aliphatic heterocycles. The first-order valence-corrected chi connectivity index (χ1v) is 8.47. The quantitative estimate of drug-likeness (QED) is 0.709. The Morgan fingerprint density at radius 3 is 2.52 bits per heavy atom. The monoisotopic (exact) mass is 392 g/mol. The molecular weight excluding hydrogens is 375 g/mol. The molecule has 142 valence electrons. The van der Waals surface area contributed by atoms with E-state index >= 15 is 0 Å². The lowest BCUT2D eigenvalue weighted by molar-refractivity contribution is -0.147. The van der Waals surface area contributed by atoms with Crippen LogP contribution in [-0.4, -0.2) is 30.9 Å². The van der Waals surface area contributed by atoms with Gasteiger partial charge in [-0.05, 0) is 42.8 Å². The van der Waals surface area contributed by atoms with Gasteiger partial charge in [0.15, 0.2) is 6.61 Å². The first kappa shape index (κ1) is 20.4. The molecule has 2 amide bonds. The highest BCUT2D eigenvalue weighted by atomic mass is 35.5. The Hall–Kier alpha value is -2.93. The van der Waals surface area contributed by atoms with Gasteiger partial charge in [-0.1, -0.05) is 29.8 Å². The fraction of sp³-hybridized carbons (Fsp3) is 0.211. The maximum Gasteiger partial charge on any atom is 0.325 e. The molecule has 1 atom stereocenters. The van der Waals surface area contributed by atoms with Crippen LogP contribution in [0.15, 0.2) is 48.5 Å². The summed E-state index contributed by atoms with van der Waals surface area (Å²) in [5.74, 6) is -2.44. The number of esters is 1. The van der Waals surface area contributed by atoms with Crippen LogP contribution >= 0.6 is 11.6 Å². The van der Waals surface area contributed by atoms with Crippen LogP contribution in [0.3, 0.4) is 0 Å². The second-order valence-corrected chi connectivity index (χ2v) is 6.13. The van der Waals surface area contributed by atoms with E-state index in [1.807, 2.05) is 0 Å². The largest absolute Gasteiger partial charge is 0.454 e. The van der Waals surface area contributed by atoms with Crippen LogP contribution in [-0.2, 0) is 14.3 Å². The number of hydrogen-bond acceptors (Lipinski definition) is 4. The molecule has 2 N–H and O–H groups in total. The van der Waals surface area contributed by atoms with Crippen molar-refractivity contribution in [1.29, 1.82) is 0 Å². The van der Waals surface area contributed by atoms with Crippen LogP contribution in [0.25, 0.3) is 0 Å². The van der Waals surface area contributed by atoms with Crippen molar-refractivity contribution in [2.24, 2.45) is 0 Å². The van der Waals surface area contributed by atoms with Gasteiger partial charge >= 0.3 is 5.97 Å². The van der Waals surface area contributed by atoms with Gasteiger partial charge in [0.1, 0.15) is 12.4 Å². The number of nitrogens with one attached hydrogen (secondary N) is 2. The van der Waals surface area contributed by atoms with Gasteiger partial charge in [-0.25, -0.2) is 4.39 Å². The third-order valence-corrected chi connectivity index (χ3v) is 3.84. The van der Waals surface area contributed by atoms with Gasteiger partial charge in [0.25, 0.3) is 11.8 Å². The molecule has 8 heteroatoms. The van der Waals surface area contributed by atoms with E-state index in [-0.39, 0.29) is 11.6 Å². The van der Waals surface area contributed by atoms with Crippen LogP contribution in [0, 0.1) is 5.82 Å². The first-order chi connectivity index (χ1) is 12.8. The predicted molar refractivity (Wildman–Crippen MR) is 97.7 cm³/mol. The van der Waals surface area contributed by atoms with Crippen molar-refractivity contribution in [3.05, 3.63) is 70.5 Å². The summed E-state index contributed by atoms with van der Waals surface area (Å²) in [4.78, 5) is 35.3. The van der Waals surface area contributed by atoms with Gasteiger partial charge in [0, 0.05) is 10.6 Å². The number of hydrogen-bond donors (Lipinski definition) is 2. The van der Waals surface area contributed by atoms with Gasteiger partial charge in [-0.15, -0.1) is 0 Å². The summed E-state index contributed by atoms with van der Waals surface area (Å²) in [7, 11) is 0. The van der Waals surface area contributed by atoms with E-state index < -0.39 is 36.8 Å². The lowest BCUT2D eigenvalue weighted by Crippen LogP contribution is -2.34. The molecule has 0 aliphatic carbocycles. The van der Waals surface area contributed by atoms with Crippen molar-refractivity contribution in [2.45, 2.75) is 13.0 Å². The molecular formula is C19H18ClFN2O4. The van der Waals surface area contributed by atoms with E-state index in [0.717, 1.165) is 11.6 Å². The summed E-state index contributed by atoms with van der Waals surface area (Å²) >= 11 is 5.81. The molecule has 0 aliphatic rings. The molecule has 0 spiro atoms. The molecule has 0 radical (unpaired) electrons. The number of amides is 2. The molecule has 0 fully saturated rings. The molecule has 2 aromatic rings. The molecule has 0 saturated carbocycles. The molecule has 0 bridgehead atoms. The highest BCUT2D eigenvalue weighted by Gasteiger charge is 2.13. The molecule has 2 rings (SSSR count). The Labute approximate surface area is 160 Å². The number of benzene rings is 2. The summed E-state index contributed by atoms with van der Waals surface area (Å²) in [5.41, 5.74) is 0.929. The van der Waals surface area contributed by atoms with Gasteiger partial charge in [-0.3, -0.25) is 14.4 Å². The highest BCUT2D eigenvalue weighted by Crippen LogP contribution is 2.15. The third-order valence-electron chi connectivity index (χ3n) is 3.59. The van der Waals surface area contributed by atoms with Crippen LogP contribution in [0.5, 0.6) is 0 Å². The zero-order chi connectivity index (χ0) is 19.8. The smallest absolute Gasteiger partial charge is 0.325 e. The minimum Gasteiger partial charge on any atom is -0.454 e. The van der Waals surface area contributed by atoms with Crippen molar-refractivity contribution >= 4 is 29.4 Å². The van der Waals surface area contributed by atoms with Gasteiger partial charge in [-0.2, -0.15) is 0 Å². The molecule has 27 heavy (non-hydrogen) atoms. The topological polar surface area (TPSA) is 84.5 Å². The summed E-state index contributed by atoms with van der Waals surface area (Å²) in [6, 6.07) is 11.7. The van der Waals surface area contributed by atoms with E-state index in [1.165, 1.54) is 18.2 Å². The SMILES string of the molecule is C[C@H](NC(=O)COC(=O)CNC(=O)c1cccc(F)c1)c1ccc(Cl)cc1. The average Bonchev–Trinajstić information content (AvgIpc) is 2.64. The summed E-state index contributed by atoms with van der Waals surface area (Å²) in [6.45, 7) is 0.865. The Bertz CT molecular complexity index is 827. The van der Waals surface area contributed by atoms with Crippen molar-refractivity contribution in [3.8, 4) is 0 Å².